The van der Waals surface area contributed by atoms with E-state index in [-0.39, 0.29) is 6.03 Å². The molecule has 0 spiro atoms. The van der Waals surface area contributed by atoms with Gasteiger partial charge in [-0.2, -0.15) is 0 Å². The van der Waals surface area contributed by atoms with E-state index in [4.69, 9.17) is 0 Å². The first kappa shape index (κ1) is 15.6. The summed E-state index contributed by atoms with van der Waals surface area (Å²) >= 11 is 0. The third kappa shape index (κ3) is 3.20. The Balaban J connectivity index is 1.40. The Morgan fingerprint density at radius 2 is 1.96 bits per heavy atom. The summed E-state index contributed by atoms with van der Waals surface area (Å²) in [5, 5.41) is 11.6. The quantitative estimate of drug-likeness (QED) is 0.780. The molecule has 1 N–H and O–H groups in total. The molecule has 0 saturated carbocycles. The molecule has 2 aromatic heterocycles. The van der Waals surface area contributed by atoms with Crippen LogP contribution in [0.1, 0.15) is 30.1 Å². The molecule has 0 radical (unpaired) electrons. The first-order valence-electron chi connectivity index (χ1n) is 8.63. The third-order valence-electron chi connectivity index (χ3n) is 4.76. The summed E-state index contributed by atoms with van der Waals surface area (Å²) in [7, 11) is 0. The Morgan fingerprint density at radius 1 is 1.12 bits per heavy atom. The fourth-order valence-corrected chi connectivity index (χ4v) is 3.40. The van der Waals surface area contributed by atoms with Crippen LogP contribution in [-0.2, 0) is 0 Å². The highest BCUT2D eigenvalue weighted by molar-refractivity contribution is 5.89. The van der Waals surface area contributed by atoms with Crippen LogP contribution in [0.2, 0.25) is 0 Å². The average Bonchev–Trinajstić information content (AvgIpc) is 3.06. The number of rotatable bonds is 2. The number of likely N-dealkylation sites (tertiary alicyclic amines) is 1. The molecule has 128 valence electrons. The molecule has 0 atom stereocenters. The molecule has 3 heterocycles. The van der Waals surface area contributed by atoms with Gasteiger partial charge >= 0.3 is 6.03 Å². The van der Waals surface area contributed by atoms with Gasteiger partial charge in [-0.3, -0.25) is 4.40 Å². The molecule has 6 heteroatoms. The predicted molar refractivity (Wildman–Crippen MR) is 96.7 cm³/mol. The van der Waals surface area contributed by atoms with Crippen LogP contribution in [0.25, 0.3) is 5.65 Å². The molecule has 4 rings (SSSR count). The number of anilines is 1. The van der Waals surface area contributed by atoms with Crippen molar-refractivity contribution in [1.29, 1.82) is 0 Å². The maximum absolute atomic E-state index is 12.5. The van der Waals surface area contributed by atoms with Gasteiger partial charge in [0.2, 0.25) is 0 Å². The van der Waals surface area contributed by atoms with Gasteiger partial charge in [0.05, 0.1) is 0 Å². The maximum Gasteiger partial charge on any atom is 0.321 e. The number of carbonyl (C=O) groups is 1. The smallest absolute Gasteiger partial charge is 0.321 e. The van der Waals surface area contributed by atoms with E-state index >= 15 is 0 Å². The summed E-state index contributed by atoms with van der Waals surface area (Å²) in [4.78, 5) is 14.3. The molecule has 0 unspecified atom stereocenters. The second-order valence-corrected chi connectivity index (χ2v) is 6.55. The Hall–Kier alpha value is -2.89. The van der Waals surface area contributed by atoms with Crippen LogP contribution in [0, 0.1) is 6.92 Å². The predicted octanol–water partition coefficient (Wildman–Crippen LogP) is 3.45. The van der Waals surface area contributed by atoms with E-state index in [1.54, 1.807) is 0 Å². The van der Waals surface area contributed by atoms with E-state index in [2.05, 4.69) is 15.5 Å². The first-order valence-corrected chi connectivity index (χ1v) is 8.63. The zero-order valence-electron chi connectivity index (χ0n) is 14.2. The molecule has 1 aliphatic rings. The molecule has 0 bridgehead atoms. The van der Waals surface area contributed by atoms with E-state index in [9.17, 15) is 4.79 Å². The van der Waals surface area contributed by atoms with Gasteiger partial charge in [-0.15, -0.1) is 10.2 Å². The number of urea groups is 1. The van der Waals surface area contributed by atoms with Crippen molar-refractivity contribution in [1.82, 2.24) is 19.5 Å². The number of nitrogens with one attached hydrogen (secondary N) is 1. The number of benzene rings is 1. The van der Waals surface area contributed by atoms with Gasteiger partial charge in [0.15, 0.2) is 5.65 Å². The molecule has 2 amide bonds. The number of piperidine rings is 1. The second-order valence-electron chi connectivity index (χ2n) is 6.55. The third-order valence-corrected chi connectivity index (χ3v) is 4.76. The number of nitrogens with zero attached hydrogens (tertiary/aromatic N) is 4. The minimum atomic E-state index is -0.0323. The van der Waals surface area contributed by atoms with Gasteiger partial charge in [0, 0.05) is 30.9 Å². The Bertz CT molecular complexity index is 895. The van der Waals surface area contributed by atoms with Crippen LogP contribution < -0.4 is 5.32 Å². The van der Waals surface area contributed by atoms with Crippen LogP contribution in [0.5, 0.6) is 0 Å². The van der Waals surface area contributed by atoms with Crippen molar-refractivity contribution in [2.45, 2.75) is 25.7 Å². The highest BCUT2D eigenvalue weighted by atomic mass is 16.2. The molecule has 25 heavy (non-hydrogen) atoms. The Morgan fingerprint density at radius 3 is 2.76 bits per heavy atom. The van der Waals surface area contributed by atoms with Gasteiger partial charge in [-0.05, 0) is 49.6 Å². The average molecular weight is 335 g/mol. The maximum atomic E-state index is 12.5. The number of fused-ring (bicyclic) bond motifs is 1. The number of amides is 2. The lowest BCUT2D eigenvalue weighted by atomic mass is 9.96. The Labute approximate surface area is 146 Å². The van der Waals surface area contributed by atoms with Crippen molar-refractivity contribution in [2.24, 2.45) is 0 Å². The zero-order chi connectivity index (χ0) is 17.2. The Kier molecular flexibility index (Phi) is 4.09. The number of carbonyl (C=O) groups excluding carboxylic acids is 1. The summed E-state index contributed by atoms with van der Waals surface area (Å²) < 4.78 is 2.05. The van der Waals surface area contributed by atoms with E-state index in [1.165, 1.54) is 0 Å². The van der Waals surface area contributed by atoms with E-state index in [1.807, 2.05) is 64.9 Å². The fraction of sp³-hybridized carbons (Fsp3) is 0.316. The molecular formula is C19H21N5O. The topological polar surface area (TPSA) is 62.5 Å². The molecule has 1 saturated heterocycles. The second kappa shape index (κ2) is 6.55. The van der Waals surface area contributed by atoms with Crippen molar-refractivity contribution in [2.75, 3.05) is 18.4 Å². The summed E-state index contributed by atoms with van der Waals surface area (Å²) in [6.07, 6.45) is 3.80. The standard InChI is InChI=1S/C19H21N5O/c1-14-5-4-6-16(13-14)20-19(25)23-11-8-15(9-12-23)18-22-21-17-7-2-3-10-24(17)18/h2-7,10,13,15H,8-9,11-12H2,1H3,(H,20,25). The molecule has 3 aromatic rings. The van der Waals surface area contributed by atoms with Crippen LogP contribution in [0.3, 0.4) is 0 Å². The summed E-state index contributed by atoms with van der Waals surface area (Å²) in [6, 6.07) is 13.7. The molecule has 0 aliphatic carbocycles. The van der Waals surface area contributed by atoms with E-state index in [0.717, 1.165) is 48.7 Å². The van der Waals surface area contributed by atoms with Gasteiger partial charge in [-0.25, -0.2) is 4.79 Å². The van der Waals surface area contributed by atoms with Gasteiger partial charge in [0.1, 0.15) is 5.82 Å². The minimum absolute atomic E-state index is 0.0323. The lowest BCUT2D eigenvalue weighted by Crippen LogP contribution is -2.40. The summed E-state index contributed by atoms with van der Waals surface area (Å²) in [5.74, 6) is 1.33. The number of aromatic nitrogens is 3. The molecule has 1 aromatic carbocycles. The minimum Gasteiger partial charge on any atom is -0.324 e. The van der Waals surface area contributed by atoms with Crippen molar-refractivity contribution in [3.05, 3.63) is 60.0 Å². The van der Waals surface area contributed by atoms with Crippen molar-refractivity contribution >= 4 is 17.4 Å². The monoisotopic (exact) mass is 335 g/mol. The van der Waals surface area contributed by atoms with Crippen molar-refractivity contribution in [3.63, 3.8) is 0 Å². The molecular weight excluding hydrogens is 314 g/mol. The van der Waals surface area contributed by atoms with Gasteiger partial charge in [0.25, 0.3) is 0 Å². The number of hydrogen-bond acceptors (Lipinski definition) is 3. The highest BCUT2D eigenvalue weighted by Gasteiger charge is 2.26. The van der Waals surface area contributed by atoms with E-state index in [0.29, 0.717) is 5.92 Å². The van der Waals surface area contributed by atoms with Crippen molar-refractivity contribution in [3.8, 4) is 0 Å². The highest BCUT2D eigenvalue weighted by Crippen LogP contribution is 2.27. The van der Waals surface area contributed by atoms with Crippen LogP contribution in [-0.4, -0.2) is 38.6 Å². The number of pyridine rings is 1. The lowest BCUT2D eigenvalue weighted by Gasteiger charge is -2.31. The van der Waals surface area contributed by atoms with E-state index < -0.39 is 0 Å². The molecule has 1 aliphatic heterocycles. The van der Waals surface area contributed by atoms with Crippen LogP contribution in [0.4, 0.5) is 10.5 Å². The molecule has 1 fully saturated rings. The summed E-state index contributed by atoms with van der Waals surface area (Å²) in [6.45, 7) is 3.47. The largest absolute Gasteiger partial charge is 0.324 e. The van der Waals surface area contributed by atoms with Crippen LogP contribution >= 0.6 is 0 Å². The zero-order valence-corrected chi connectivity index (χ0v) is 14.2. The van der Waals surface area contributed by atoms with Gasteiger partial charge < -0.3 is 10.2 Å². The first-order chi connectivity index (χ1) is 12.2. The van der Waals surface area contributed by atoms with Crippen molar-refractivity contribution < 1.29 is 4.79 Å². The van der Waals surface area contributed by atoms with Crippen LogP contribution in [0.15, 0.2) is 48.7 Å². The SMILES string of the molecule is Cc1cccc(NC(=O)N2CCC(c3nnc4ccccn34)CC2)c1. The number of hydrogen-bond donors (Lipinski definition) is 1. The molecule has 6 nitrogen and oxygen atoms in total. The van der Waals surface area contributed by atoms with Gasteiger partial charge in [-0.1, -0.05) is 18.2 Å². The normalized spacial score (nSPS) is 15.5. The lowest BCUT2D eigenvalue weighted by molar-refractivity contribution is 0.193. The fourth-order valence-electron chi connectivity index (χ4n) is 3.40. The summed E-state index contributed by atoms with van der Waals surface area (Å²) in [5.41, 5.74) is 2.85. The number of aryl methyl sites for hydroxylation is 1.